The predicted molar refractivity (Wildman–Crippen MR) is 161 cm³/mol. The van der Waals surface area contributed by atoms with Gasteiger partial charge in [-0.05, 0) is 68.7 Å². The Bertz CT molecular complexity index is 1760. The van der Waals surface area contributed by atoms with Gasteiger partial charge in [0.2, 0.25) is 0 Å². The van der Waals surface area contributed by atoms with Crippen molar-refractivity contribution >= 4 is 38.7 Å². The van der Waals surface area contributed by atoms with Crippen LogP contribution >= 0.6 is 0 Å². The van der Waals surface area contributed by atoms with Crippen LogP contribution in [-0.2, 0) is 6.42 Å². The lowest BCUT2D eigenvalue weighted by Crippen LogP contribution is -2.46. The van der Waals surface area contributed by atoms with Crippen molar-refractivity contribution in [2.24, 2.45) is 11.8 Å². The van der Waals surface area contributed by atoms with Gasteiger partial charge >= 0.3 is 0 Å². The molecule has 1 saturated carbocycles. The van der Waals surface area contributed by atoms with Crippen LogP contribution in [0.1, 0.15) is 67.4 Å². The van der Waals surface area contributed by atoms with Crippen molar-refractivity contribution in [2.45, 2.75) is 58.0 Å². The third-order valence-electron chi connectivity index (χ3n) is 9.14. The third kappa shape index (κ3) is 4.19. The Balaban J connectivity index is 1.34. The van der Waals surface area contributed by atoms with Crippen LogP contribution in [0.25, 0.3) is 32.8 Å². The molecule has 0 unspecified atom stereocenters. The standard InChI is InChI=1S/C35H35N3O2/c1-21-13-15-27-26(19-21)30-32-31(24-11-7-8-12-25(24)33(30)40-35(27,2)3)37-28-16-14-23(20-29(28)38-32)34(39)36-18-17-22-9-5-4-6-10-22/h4-12,14,16,20-21,26-27H,13,15,17-19H2,1-3H3,(H,36,39)/t21-,26-,27-/m1/s1. The Morgan fingerprint density at radius 1 is 0.925 bits per heavy atom. The van der Waals surface area contributed by atoms with E-state index in [0.29, 0.717) is 29.9 Å². The number of fused-ring (bicyclic) bond motifs is 9. The van der Waals surface area contributed by atoms with Crippen molar-refractivity contribution in [1.82, 2.24) is 15.3 Å². The highest BCUT2D eigenvalue weighted by Crippen LogP contribution is 2.56. The topological polar surface area (TPSA) is 64.1 Å². The van der Waals surface area contributed by atoms with Crippen molar-refractivity contribution in [1.29, 1.82) is 0 Å². The lowest BCUT2D eigenvalue weighted by atomic mass is 9.64. The number of rotatable bonds is 4. The van der Waals surface area contributed by atoms with E-state index in [1.54, 1.807) is 0 Å². The molecule has 1 aliphatic heterocycles. The molecule has 1 aliphatic carbocycles. The Morgan fingerprint density at radius 2 is 1.68 bits per heavy atom. The molecule has 0 radical (unpaired) electrons. The molecule has 1 amide bonds. The van der Waals surface area contributed by atoms with Crippen molar-refractivity contribution < 1.29 is 9.53 Å². The minimum absolute atomic E-state index is 0.0912. The molecule has 40 heavy (non-hydrogen) atoms. The van der Waals surface area contributed by atoms with Crippen molar-refractivity contribution in [2.75, 3.05) is 6.54 Å². The summed E-state index contributed by atoms with van der Waals surface area (Å²) in [6.45, 7) is 7.44. The summed E-state index contributed by atoms with van der Waals surface area (Å²) in [5.74, 6) is 2.33. The number of hydrogen-bond acceptors (Lipinski definition) is 4. The van der Waals surface area contributed by atoms with Crippen LogP contribution in [0.5, 0.6) is 5.75 Å². The van der Waals surface area contributed by atoms with Gasteiger partial charge in [-0.15, -0.1) is 0 Å². The SMILES string of the molecule is C[C@@H]1CC[C@@H]2[C@@H](C1)c1c(c3ccccc3c3nc4ccc(C(=O)NCCc5ccccc5)cc4nc13)OC2(C)C. The molecule has 2 heterocycles. The second kappa shape index (κ2) is 9.58. The number of ether oxygens (including phenoxy) is 1. The Hall–Kier alpha value is -3.99. The van der Waals surface area contributed by atoms with Crippen molar-refractivity contribution in [3.8, 4) is 5.75 Å². The molecule has 0 spiro atoms. The lowest BCUT2D eigenvalue weighted by Gasteiger charge is -2.49. The third-order valence-corrected chi connectivity index (χ3v) is 9.14. The highest BCUT2D eigenvalue weighted by atomic mass is 16.5. The van der Waals surface area contributed by atoms with Gasteiger partial charge in [-0.3, -0.25) is 4.79 Å². The zero-order chi connectivity index (χ0) is 27.4. The summed E-state index contributed by atoms with van der Waals surface area (Å²) in [6.07, 6.45) is 4.30. The van der Waals surface area contributed by atoms with E-state index >= 15 is 0 Å². The summed E-state index contributed by atoms with van der Waals surface area (Å²) in [5.41, 5.74) is 6.14. The zero-order valence-electron chi connectivity index (χ0n) is 23.4. The second-order valence-electron chi connectivity index (χ2n) is 12.2. The van der Waals surface area contributed by atoms with Gasteiger partial charge in [0.15, 0.2) is 0 Å². The van der Waals surface area contributed by atoms with Gasteiger partial charge in [-0.2, -0.15) is 0 Å². The maximum absolute atomic E-state index is 13.1. The van der Waals surface area contributed by atoms with Crippen LogP contribution in [-0.4, -0.2) is 28.0 Å². The van der Waals surface area contributed by atoms with Crippen LogP contribution in [0.3, 0.4) is 0 Å². The molecular formula is C35H35N3O2. The molecular weight excluding hydrogens is 494 g/mol. The number of hydrogen-bond donors (Lipinski definition) is 1. The molecule has 1 aromatic heterocycles. The fourth-order valence-electron chi connectivity index (χ4n) is 7.10. The molecule has 5 nitrogen and oxygen atoms in total. The van der Waals surface area contributed by atoms with Crippen LogP contribution in [0.15, 0.2) is 72.8 Å². The Morgan fingerprint density at radius 3 is 2.50 bits per heavy atom. The normalized spacial score (nSPS) is 21.5. The summed E-state index contributed by atoms with van der Waals surface area (Å²) in [5, 5.41) is 5.24. The molecule has 0 saturated heterocycles. The predicted octanol–water partition coefficient (Wildman–Crippen LogP) is 7.60. The number of carbonyl (C=O) groups excluding carboxylic acids is 1. The zero-order valence-corrected chi connectivity index (χ0v) is 23.4. The first-order valence-electron chi connectivity index (χ1n) is 14.6. The average Bonchev–Trinajstić information content (AvgIpc) is 2.96. The first kappa shape index (κ1) is 25.0. The smallest absolute Gasteiger partial charge is 0.251 e. The van der Waals surface area contributed by atoms with Crippen molar-refractivity contribution in [3.63, 3.8) is 0 Å². The molecule has 1 fully saturated rings. The minimum atomic E-state index is -0.246. The number of carbonyl (C=O) groups is 1. The monoisotopic (exact) mass is 529 g/mol. The molecule has 4 aromatic carbocycles. The summed E-state index contributed by atoms with van der Waals surface area (Å²) < 4.78 is 6.87. The maximum atomic E-state index is 13.1. The van der Waals surface area contributed by atoms with E-state index in [1.807, 2.05) is 36.4 Å². The number of nitrogens with one attached hydrogen (secondary N) is 1. The summed E-state index contributed by atoms with van der Waals surface area (Å²) in [6, 6.07) is 24.3. The number of aromatic nitrogens is 2. The van der Waals surface area contributed by atoms with E-state index in [-0.39, 0.29) is 11.5 Å². The molecule has 0 bridgehead atoms. The van der Waals surface area contributed by atoms with E-state index in [4.69, 9.17) is 14.7 Å². The lowest BCUT2D eigenvalue weighted by molar-refractivity contribution is -0.0115. The first-order valence-corrected chi connectivity index (χ1v) is 14.6. The van der Waals surface area contributed by atoms with Gasteiger partial charge in [0.05, 0.1) is 22.1 Å². The molecule has 7 rings (SSSR count). The first-order chi connectivity index (χ1) is 19.4. The van der Waals surface area contributed by atoms with Crippen LogP contribution in [0.2, 0.25) is 0 Å². The number of benzene rings is 4. The Kier molecular flexibility index (Phi) is 5.99. The number of nitrogens with zero attached hydrogens (tertiary/aromatic N) is 2. The second-order valence-corrected chi connectivity index (χ2v) is 12.2. The van der Waals surface area contributed by atoms with Crippen LogP contribution < -0.4 is 10.1 Å². The molecule has 5 heteroatoms. The molecule has 5 aromatic rings. The fourth-order valence-corrected chi connectivity index (χ4v) is 7.10. The van der Waals surface area contributed by atoms with Crippen LogP contribution in [0.4, 0.5) is 0 Å². The average molecular weight is 530 g/mol. The largest absolute Gasteiger partial charge is 0.487 e. The maximum Gasteiger partial charge on any atom is 0.251 e. The molecule has 202 valence electrons. The van der Waals surface area contributed by atoms with E-state index in [9.17, 15) is 4.79 Å². The van der Waals surface area contributed by atoms with Gasteiger partial charge in [-0.1, -0.05) is 67.9 Å². The number of amides is 1. The summed E-state index contributed by atoms with van der Waals surface area (Å²) in [7, 11) is 0. The highest BCUT2D eigenvalue weighted by molar-refractivity contribution is 6.11. The van der Waals surface area contributed by atoms with Gasteiger partial charge in [0.1, 0.15) is 11.4 Å². The van der Waals surface area contributed by atoms with Gasteiger partial charge in [0, 0.05) is 34.4 Å². The quantitative estimate of drug-likeness (QED) is 0.192. The van der Waals surface area contributed by atoms with Gasteiger partial charge in [0.25, 0.3) is 5.91 Å². The molecule has 2 aliphatic rings. The summed E-state index contributed by atoms with van der Waals surface area (Å²) >= 11 is 0. The minimum Gasteiger partial charge on any atom is -0.487 e. The van der Waals surface area contributed by atoms with Crippen LogP contribution in [0, 0.1) is 11.8 Å². The summed E-state index contributed by atoms with van der Waals surface area (Å²) in [4.78, 5) is 23.5. The Labute approximate surface area is 235 Å². The van der Waals surface area contributed by atoms with E-state index in [0.717, 1.165) is 57.9 Å². The van der Waals surface area contributed by atoms with E-state index < -0.39 is 0 Å². The fraction of sp³-hybridized carbons (Fsp3) is 0.343. The van der Waals surface area contributed by atoms with Gasteiger partial charge < -0.3 is 10.1 Å². The highest BCUT2D eigenvalue weighted by Gasteiger charge is 2.47. The molecule has 1 N–H and O–H groups in total. The van der Waals surface area contributed by atoms with E-state index in [1.165, 1.54) is 17.5 Å². The van der Waals surface area contributed by atoms with Gasteiger partial charge in [-0.25, -0.2) is 9.97 Å². The van der Waals surface area contributed by atoms with E-state index in [2.05, 4.69) is 62.5 Å². The van der Waals surface area contributed by atoms with Crippen molar-refractivity contribution in [3.05, 3.63) is 89.5 Å². The molecule has 3 atom stereocenters.